The molecule has 0 aliphatic heterocycles. The van der Waals surface area contributed by atoms with Gasteiger partial charge in [0, 0.05) is 32.6 Å². The highest BCUT2D eigenvalue weighted by Gasteiger charge is 2.14. The van der Waals surface area contributed by atoms with E-state index in [1.54, 1.807) is 0 Å². The summed E-state index contributed by atoms with van der Waals surface area (Å²) in [6, 6.07) is -0.628. The van der Waals surface area contributed by atoms with Crippen LogP contribution in [0.5, 0.6) is 0 Å². The number of nitrogens with two attached hydrogens (primary N) is 1. The van der Waals surface area contributed by atoms with Gasteiger partial charge in [0.2, 0.25) is 11.8 Å². The van der Waals surface area contributed by atoms with Crippen molar-refractivity contribution in [3.8, 4) is 0 Å². The lowest BCUT2D eigenvalue weighted by Crippen LogP contribution is -2.43. The Labute approximate surface area is 108 Å². The fraction of sp³-hybridized carbons (Fsp3) is 0.818. The molecule has 0 spiro atoms. The Kier molecular flexibility index (Phi) is 10.2. The highest BCUT2D eigenvalue weighted by molar-refractivity contribution is 5.82. The van der Waals surface area contributed by atoms with Crippen LogP contribution in [0.25, 0.3) is 0 Å². The number of carbonyl (C=O) groups is 2. The molecule has 0 fully saturated rings. The fourth-order valence-electron chi connectivity index (χ4n) is 1.27. The van der Waals surface area contributed by atoms with Crippen molar-refractivity contribution in [1.82, 2.24) is 21.3 Å². The highest BCUT2D eigenvalue weighted by atomic mass is 16.2. The molecule has 0 aliphatic carbocycles. The molecule has 2 amide bonds. The Morgan fingerprint density at radius 3 is 2.11 bits per heavy atom. The zero-order chi connectivity index (χ0) is 13.8. The standard InChI is InChI=1S/C11H25N5O2/c1-13-5-7-15-10(17)4-3-9(12)11(18)16-8-6-14-2/h9,13-14H,3-8,12H2,1-2H3,(H,15,17)(H,16,18)/t9-/m0/s1. The molecular formula is C11H25N5O2. The van der Waals surface area contributed by atoms with Gasteiger partial charge in [-0.1, -0.05) is 0 Å². The van der Waals surface area contributed by atoms with Crippen LogP contribution in [0.2, 0.25) is 0 Å². The van der Waals surface area contributed by atoms with Crippen molar-refractivity contribution in [1.29, 1.82) is 0 Å². The number of hydrogen-bond donors (Lipinski definition) is 5. The van der Waals surface area contributed by atoms with E-state index in [4.69, 9.17) is 5.73 Å². The second kappa shape index (κ2) is 10.9. The molecule has 7 heteroatoms. The first-order valence-corrected chi connectivity index (χ1v) is 6.21. The molecule has 7 nitrogen and oxygen atoms in total. The monoisotopic (exact) mass is 259 g/mol. The van der Waals surface area contributed by atoms with Crippen LogP contribution in [0.15, 0.2) is 0 Å². The van der Waals surface area contributed by atoms with Crippen molar-refractivity contribution in [2.75, 3.05) is 40.3 Å². The maximum atomic E-state index is 11.5. The molecule has 0 aromatic carbocycles. The normalized spacial score (nSPS) is 11.9. The van der Waals surface area contributed by atoms with Gasteiger partial charge in [-0.3, -0.25) is 9.59 Å². The molecule has 6 N–H and O–H groups in total. The molecule has 0 bridgehead atoms. The Balaban J connectivity index is 3.64. The zero-order valence-electron chi connectivity index (χ0n) is 11.2. The molecule has 1 atom stereocenters. The van der Waals surface area contributed by atoms with Crippen molar-refractivity contribution in [3.05, 3.63) is 0 Å². The first-order chi connectivity index (χ1) is 8.61. The largest absolute Gasteiger partial charge is 0.355 e. The summed E-state index contributed by atoms with van der Waals surface area (Å²) in [5.74, 6) is -0.294. The van der Waals surface area contributed by atoms with E-state index in [9.17, 15) is 9.59 Å². The molecule has 0 aromatic rings. The van der Waals surface area contributed by atoms with Gasteiger partial charge in [0.15, 0.2) is 0 Å². The van der Waals surface area contributed by atoms with Gasteiger partial charge in [0.1, 0.15) is 0 Å². The van der Waals surface area contributed by atoms with E-state index in [1.165, 1.54) is 0 Å². The van der Waals surface area contributed by atoms with E-state index in [0.29, 0.717) is 26.1 Å². The Morgan fingerprint density at radius 1 is 1.00 bits per heavy atom. The predicted octanol–water partition coefficient (Wildman–Crippen LogP) is -2.23. The van der Waals surface area contributed by atoms with Crippen LogP contribution in [0.1, 0.15) is 12.8 Å². The molecule has 0 saturated heterocycles. The minimum Gasteiger partial charge on any atom is -0.355 e. The van der Waals surface area contributed by atoms with Gasteiger partial charge in [0.05, 0.1) is 6.04 Å². The third-order valence-electron chi connectivity index (χ3n) is 2.39. The smallest absolute Gasteiger partial charge is 0.236 e. The van der Waals surface area contributed by atoms with E-state index in [1.807, 2.05) is 14.1 Å². The third kappa shape index (κ3) is 8.91. The van der Waals surface area contributed by atoms with Gasteiger partial charge in [-0.2, -0.15) is 0 Å². The summed E-state index contributed by atoms with van der Waals surface area (Å²) < 4.78 is 0. The van der Waals surface area contributed by atoms with E-state index >= 15 is 0 Å². The molecule has 0 heterocycles. The van der Waals surface area contributed by atoms with Crippen LogP contribution in [0, 0.1) is 0 Å². The lowest BCUT2D eigenvalue weighted by atomic mass is 10.1. The minimum absolute atomic E-state index is 0.0799. The van der Waals surface area contributed by atoms with Gasteiger partial charge in [-0.05, 0) is 20.5 Å². The van der Waals surface area contributed by atoms with Gasteiger partial charge in [-0.25, -0.2) is 0 Å². The second-order valence-corrected chi connectivity index (χ2v) is 3.99. The van der Waals surface area contributed by atoms with Crippen LogP contribution in [-0.2, 0) is 9.59 Å². The maximum absolute atomic E-state index is 11.5. The van der Waals surface area contributed by atoms with E-state index in [-0.39, 0.29) is 18.2 Å². The molecule has 18 heavy (non-hydrogen) atoms. The lowest BCUT2D eigenvalue weighted by molar-refractivity contribution is -0.123. The van der Waals surface area contributed by atoms with Crippen LogP contribution < -0.4 is 27.0 Å². The number of carbonyl (C=O) groups excluding carboxylic acids is 2. The molecule has 0 rings (SSSR count). The average molecular weight is 259 g/mol. The molecular weight excluding hydrogens is 234 g/mol. The van der Waals surface area contributed by atoms with E-state index in [2.05, 4.69) is 21.3 Å². The number of nitrogens with one attached hydrogen (secondary N) is 4. The van der Waals surface area contributed by atoms with E-state index < -0.39 is 6.04 Å². The quantitative estimate of drug-likeness (QED) is 0.285. The van der Waals surface area contributed by atoms with Gasteiger partial charge < -0.3 is 27.0 Å². The SMILES string of the molecule is CNCCNC(=O)CC[C@H](N)C(=O)NCCNC. The van der Waals surface area contributed by atoms with Crippen LogP contribution in [0.4, 0.5) is 0 Å². The van der Waals surface area contributed by atoms with Crippen molar-refractivity contribution < 1.29 is 9.59 Å². The Bertz CT molecular complexity index is 248. The molecule has 0 saturated carbocycles. The number of rotatable bonds is 10. The maximum Gasteiger partial charge on any atom is 0.236 e. The summed E-state index contributed by atoms with van der Waals surface area (Å²) in [5.41, 5.74) is 5.68. The van der Waals surface area contributed by atoms with Crippen LogP contribution >= 0.6 is 0 Å². The molecule has 0 aromatic heterocycles. The number of hydrogen-bond acceptors (Lipinski definition) is 5. The summed E-state index contributed by atoms with van der Waals surface area (Å²) in [7, 11) is 3.62. The van der Waals surface area contributed by atoms with Gasteiger partial charge in [0.25, 0.3) is 0 Å². The van der Waals surface area contributed by atoms with Crippen molar-refractivity contribution in [3.63, 3.8) is 0 Å². The fourth-order valence-corrected chi connectivity index (χ4v) is 1.27. The molecule has 0 unspecified atom stereocenters. The summed E-state index contributed by atoms with van der Waals surface area (Å²) in [6.07, 6.45) is 0.626. The number of amides is 2. The molecule has 0 radical (unpaired) electrons. The summed E-state index contributed by atoms with van der Waals surface area (Å²) >= 11 is 0. The van der Waals surface area contributed by atoms with Crippen LogP contribution in [-0.4, -0.2) is 58.1 Å². The lowest BCUT2D eigenvalue weighted by Gasteiger charge is -2.12. The van der Waals surface area contributed by atoms with Crippen molar-refractivity contribution >= 4 is 11.8 Å². The molecule has 0 aliphatic rings. The zero-order valence-corrected chi connectivity index (χ0v) is 11.2. The Hall–Kier alpha value is -1.18. The summed E-state index contributed by atoms with van der Waals surface area (Å²) in [4.78, 5) is 22.9. The first-order valence-electron chi connectivity index (χ1n) is 6.21. The van der Waals surface area contributed by atoms with Gasteiger partial charge in [-0.15, -0.1) is 0 Å². The first kappa shape index (κ1) is 16.8. The van der Waals surface area contributed by atoms with E-state index in [0.717, 1.165) is 6.54 Å². The second-order valence-electron chi connectivity index (χ2n) is 3.99. The number of likely N-dealkylation sites (N-methyl/N-ethyl adjacent to an activating group) is 2. The van der Waals surface area contributed by atoms with Crippen molar-refractivity contribution in [2.24, 2.45) is 5.73 Å². The van der Waals surface area contributed by atoms with Crippen LogP contribution in [0.3, 0.4) is 0 Å². The predicted molar refractivity (Wildman–Crippen MR) is 71.1 cm³/mol. The topological polar surface area (TPSA) is 108 Å². The summed E-state index contributed by atoms with van der Waals surface area (Å²) in [6.45, 7) is 2.54. The molecule has 106 valence electrons. The Morgan fingerprint density at radius 2 is 1.56 bits per heavy atom. The van der Waals surface area contributed by atoms with Gasteiger partial charge >= 0.3 is 0 Å². The average Bonchev–Trinajstić information content (AvgIpc) is 2.36. The highest BCUT2D eigenvalue weighted by Crippen LogP contribution is 1.94. The minimum atomic E-state index is -0.628. The third-order valence-corrected chi connectivity index (χ3v) is 2.39. The summed E-state index contributed by atoms with van der Waals surface area (Å²) in [5, 5.41) is 11.3. The van der Waals surface area contributed by atoms with Crippen molar-refractivity contribution in [2.45, 2.75) is 18.9 Å².